The SMILES string of the molecule is COc1cc(OC)c(OC)cc1CN1CCN(c2cccc(Cl)c2)CC1. The van der Waals surface area contributed by atoms with Crippen LogP contribution in [-0.4, -0.2) is 52.4 Å². The molecule has 3 rings (SSSR count). The van der Waals surface area contributed by atoms with Crippen LogP contribution in [0.2, 0.25) is 5.02 Å². The summed E-state index contributed by atoms with van der Waals surface area (Å²) in [5, 5.41) is 0.778. The van der Waals surface area contributed by atoms with Crippen molar-refractivity contribution in [3.05, 3.63) is 47.0 Å². The zero-order valence-electron chi connectivity index (χ0n) is 15.5. The predicted octanol–water partition coefficient (Wildman–Crippen LogP) is 3.69. The van der Waals surface area contributed by atoms with Gasteiger partial charge in [0.1, 0.15) is 5.75 Å². The maximum atomic E-state index is 6.11. The van der Waals surface area contributed by atoms with Gasteiger partial charge in [0.25, 0.3) is 0 Å². The van der Waals surface area contributed by atoms with Gasteiger partial charge in [-0.25, -0.2) is 0 Å². The van der Waals surface area contributed by atoms with Crippen molar-refractivity contribution in [1.82, 2.24) is 4.90 Å². The van der Waals surface area contributed by atoms with Crippen LogP contribution in [0.4, 0.5) is 5.69 Å². The Kier molecular flexibility index (Phi) is 6.12. The van der Waals surface area contributed by atoms with Gasteiger partial charge < -0.3 is 19.1 Å². The normalized spacial score (nSPS) is 15.0. The number of methoxy groups -OCH3 is 3. The number of anilines is 1. The van der Waals surface area contributed by atoms with E-state index in [9.17, 15) is 0 Å². The lowest BCUT2D eigenvalue weighted by atomic mass is 10.1. The third-order valence-electron chi connectivity index (χ3n) is 4.73. The molecule has 0 spiro atoms. The van der Waals surface area contributed by atoms with E-state index in [4.69, 9.17) is 25.8 Å². The molecule has 0 bridgehead atoms. The highest BCUT2D eigenvalue weighted by Crippen LogP contribution is 2.35. The number of halogens is 1. The van der Waals surface area contributed by atoms with Gasteiger partial charge in [0.05, 0.1) is 21.3 Å². The van der Waals surface area contributed by atoms with Gasteiger partial charge in [-0.05, 0) is 24.3 Å². The van der Waals surface area contributed by atoms with Gasteiger partial charge in [-0.15, -0.1) is 0 Å². The maximum Gasteiger partial charge on any atom is 0.164 e. The molecule has 0 unspecified atom stereocenters. The average Bonchev–Trinajstić information content (AvgIpc) is 2.68. The molecule has 2 aromatic rings. The Hall–Kier alpha value is -2.11. The van der Waals surface area contributed by atoms with Gasteiger partial charge in [-0.1, -0.05) is 17.7 Å². The molecule has 6 heteroatoms. The lowest BCUT2D eigenvalue weighted by molar-refractivity contribution is 0.245. The van der Waals surface area contributed by atoms with E-state index in [1.807, 2.05) is 30.3 Å². The first-order valence-corrected chi connectivity index (χ1v) is 9.04. The first-order chi connectivity index (χ1) is 12.6. The summed E-state index contributed by atoms with van der Waals surface area (Å²) in [4.78, 5) is 4.79. The first kappa shape index (κ1) is 18.7. The van der Waals surface area contributed by atoms with Crippen LogP contribution in [0.3, 0.4) is 0 Å². The molecule has 140 valence electrons. The fourth-order valence-corrected chi connectivity index (χ4v) is 3.48. The Bertz CT molecular complexity index is 746. The molecule has 26 heavy (non-hydrogen) atoms. The van der Waals surface area contributed by atoms with Crippen LogP contribution in [0.15, 0.2) is 36.4 Å². The number of nitrogens with zero attached hydrogens (tertiary/aromatic N) is 2. The first-order valence-electron chi connectivity index (χ1n) is 8.66. The molecule has 5 nitrogen and oxygen atoms in total. The molecule has 1 saturated heterocycles. The molecule has 0 amide bonds. The van der Waals surface area contributed by atoms with E-state index in [0.717, 1.165) is 54.8 Å². The van der Waals surface area contributed by atoms with Crippen LogP contribution in [0, 0.1) is 0 Å². The smallest absolute Gasteiger partial charge is 0.164 e. The van der Waals surface area contributed by atoms with E-state index in [2.05, 4.69) is 15.9 Å². The third kappa shape index (κ3) is 4.17. The minimum atomic E-state index is 0.680. The van der Waals surface area contributed by atoms with Crippen LogP contribution in [0.5, 0.6) is 17.2 Å². The number of rotatable bonds is 6. The fraction of sp³-hybridized carbons (Fsp3) is 0.400. The van der Waals surface area contributed by atoms with E-state index in [1.54, 1.807) is 21.3 Å². The minimum Gasteiger partial charge on any atom is -0.496 e. The van der Waals surface area contributed by atoms with Gasteiger partial charge in [-0.3, -0.25) is 4.90 Å². The summed E-state index contributed by atoms with van der Waals surface area (Å²) in [5.74, 6) is 2.22. The van der Waals surface area contributed by atoms with E-state index >= 15 is 0 Å². The number of hydrogen-bond donors (Lipinski definition) is 0. The second-order valence-electron chi connectivity index (χ2n) is 6.26. The van der Waals surface area contributed by atoms with Crippen LogP contribution >= 0.6 is 11.6 Å². The lowest BCUT2D eigenvalue weighted by Crippen LogP contribution is -2.46. The zero-order chi connectivity index (χ0) is 18.5. The van der Waals surface area contributed by atoms with E-state index in [-0.39, 0.29) is 0 Å². The Morgan fingerprint density at radius 3 is 2.12 bits per heavy atom. The van der Waals surface area contributed by atoms with Gasteiger partial charge >= 0.3 is 0 Å². The highest BCUT2D eigenvalue weighted by Gasteiger charge is 2.20. The molecule has 1 fully saturated rings. The van der Waals surface area contributed by atoms with Gasteiger partial charge in [0.15, 0.2) is 11.5 Å². The summed E-state index contributed by atoms with van der Waals surface area (Å²) in [6, 6.07) is 11.9. The molecule has 0 aromatic heterocycles. The van der Waals surface area contributed by atoms with Crippen molar-refractivity contribution in [2.45, 2.75) is 6.54 Å². The summed E-state index contributed by atoms with van der Waals surface area (Å²) < 4.78 is 16.3. The standard InChI is InChI=1S/C20H25ClN2O3/c1-24-18-13-20(26-3)19(25-2)11-15(18)14-22-7-9-23(10-8-22)17-6-4-5-16(21)12-17/h4-6,11-13H,7-10,14H2,1-3H3. The molecule has 0 aliphatic carbocycles. The molecule has 0 N–H and O–H groups in total. The van der Waals surface area contributed by atoms with Crippen LogP contribution in [0.1, 0.15) is 5.56 Å². The van der Waals surface area contributed by atoms with Crippen LogP contribution in [-0.2, 0) is 6.54 Å². The molecule has 1 heterocycles. The Morgan fingerprint density at radius 1 is 0.846 bits per heavy atom. The molecule has 0 saturated carbocycles. The number of hydrogen-bond acceptors (Lipinski definition) is 5. The van der Waals surface area contributed by atoms with Crippen molar-refractivity contribution >= 4 is 17.3 Å². The third-order valence-corrected chi connectivity index (χ3v) is 4.96. The van der Waals surface area contributed by atoms with Gasteiger partial charge in [-0.2, -0.15) is 0 Å². The summed E-state index contributed by atoms with van der Waals surface area (Å²) >= 11 is 6.11. The molecule has 1 aliphatic heterocycles. The minimum absolute atomic E-state index is 0.680. The summed E-state index contributed by atoms with van der Waals surface area (Å²) in [7, 11) is 4.96. The highest BCUT2D eigenvalue weighted by atomic mass is 35.5. The molecular formula is C20H25ClN2O3. The largest absolute Gasteiger partial charge is 0.496 e. The average molecular weight is 377 g/mol. The number of benzene rings is 2. The highest BCUT2D eigenvalue weighted by molar-refractivity contribution is 6.30. The Balaban J connectivity index is 1.67. The van der Waals surface area contributed by atoms with Gasteiger partial charge in [0.2, 0.25) is 0 Å². The van der Waals surface area contributed by atoms with E-state index in [1.165, 1.54) is 5.69 Å². The van der Waals surface area contributed by atoms with Gasteiger partial charge in [0, 0.05) is 55.1 Å². The fourth-order valence-electron chi connectivity index (χ4n) is 3.29. The predicted molar refractivity (Wildman–Crippen MR) is 105 cm³/mol. The van der Waals surface area contributed by atoms with Crippen LogP contribution < -0.4 is 19.1 Å². The van der Waals surface area contributed by atoms with Crippen molar-refractivity contribution in [3.63, 3.8) is 0 Å². The number of piperazine rings is 1. The molecule has 0 atom stereocenters. The quantitative estimate of drug-likeness (QED) is 0.768. The Morgan fingerprint density at radius 2 is 1.50 bits per heavy atom. The van der Waals surface area contributed by atoms with E-state index < -0.39 is 0 Å². The second-order valence-corrected chi connectivity index (χ2v) is 6.70. The molecule has 0 radical (unpaired) electrons. The lowest BCUT2D eigenvalue weighted by Gasteiger charge is -2.36. The summed E-state index contributed by atoms with van der Waals surface area (Å²) in [6.07, 6.45) is 0. The van der Waals surface area contributed by atoms with Crippen molar-refractivity contribution in [3.8, 4) is 17.2 Å². The molecule has 1 aliphatic rings. The van der Waals surface area contributed by atoms with Crippen molar-refractivity contribution in [1.29, 1.82) is 0 Å². The van der Waals surface area contributed by atoms with Crippen molar-refractivity contribution < 1.29 is 14.2 Å². The Labute approximate surface area is 160 Å². The zero-order valence-corrected chi connectivity index (χ0v) is 16.3. The molecule has 2 aromatic carbocycles. The summed E-state index contributed by atoms with van der Waals surface area (Å²) in [5.41, 5.74) is 2.28. The monoisotopic (exact) mass is 376 g/mol. The second kappa shape index (κ2) is 8.52. The summed E-state index contributed by atoms with van der Waals surface area (Å²) in [6.45, 7) is 4.70. The number of ether oxygens (including phenoxy) is 3. The molecular weight excluding hydrogens is 352 g/mol. The van der Waals surface area contributed by atoms with Crippen LogP contribution in [0.25, 0.3) is 0 Å². The van der Waals surface area contributed by atoms with E-state index in [0.29, 0.717) is 5.75 Å². The topological polar surface area (TPSA) is 34.2 Å². The maximum absolute atomic E-state index is 6.11. The van der Waals surface area contributed by atoms with Crippen molar-refractivity contribution in [2.24, 2.45) is 0 Å². The van der Waals surface area contributed by atoms with Crippen molar-refractivity contribution in [2.75, 3.05) is 52.4 Å².